The number of halogens is 4. The van der Waals surface area contributed by atoms with Crippen LogP contribution >= 0.6 is 46.4 Å². The number of carbonyl (C=O) groups excluding carboxylic acids is 1. The van der Waals surface area contributed by atoms with Crippen molar-refractivity contribution >= 4 is 51.6 Å². The summed E-state index contributed by atoms with van der Waals surface area (Å²) >= 11 is 23.2. The lowest BCUT2D eigenvalue weighted by Crippen LogP contribution is -1.98. The van der Waals surface area contributed by atoms with Gasteiger partial charge in [-0.05, 0) is 41.4 Å². The molecule has 0 aromatic heterocycles. The third kappa shape index (κ3) is 3.80. The first-order chi connectivity index (χ1) is 9.47. The molecular formula is C14H8Cl4O2. The minimum Gasteiger partial charge on any atom is -0.486 e. The highest BCUT2D eigenvalue weighted by molar-refractivity contribution is 6.68. The second-order valence-corrected chi connectivity index (χ2v) is 5.55. The minimum atomic E-state index is -0.627. The molecule has 0 bridgehead atoms. The summed E-state index contributed by atoms with van der Waals surface area (Å²) in [5.74, 6) is 0.310. The van der Waals surface area contributed by atoms with Crippen molar-refractivity contribution in [3.05, 3.63) is 62.6 Å². The van der Waals surface area contributed by atoms with Crippen LogP contribution in [0.25, 0.3) is 0 Å². The van der Waals surface area contributed by atoms with Crippen molar-refractivity contribution < 1.29 is 9.53 Å². The summed E-state index contributed by atoms with van der Waals surface area (Å²) in [4.78, 5) is 11.1. The molecule has 0 atom stereocenters. The van der Waals surface area contributed by atoms with Crippen LogP contribution in [0.15, 0.2) is 36.4 Å². The first-order valence-electron chi connectivity index (χ1n) is 5.53. The molecule has 0 saturated heterocycles. The van der Waals surface area contributed by atoms with Crippen molar-refractivity contribution in [1.82, 2.24) is 0 Å². The molecule has 0 radical (unpaired) electrons. The van der Waals surface area contributed by atoms with Crippen LogP contribution in [0.3, 0.4) is 0 Å². The fourth-order valence-electron chi connectivity index (χ4n) is 1.55. The quantitative estimate of drug-likeness (QED) is 0.671. The van der Waals surface area contributed by atoms with E-state index in [4.69, 9.17) is 51.1 Å². The SMILES string of the molecule is O=C(Cl)c1cc(Cl)c(OCc2ccc(Cl)cc2)c(Cl)c1. The smallest absolute Gasteiger partial charge is 0.252 e. The number of hydrogen-bond donors (Lipinski definition) is 0. The lowest BCUT2D eigenvalue weighted by Gasteiger charge is -2.11. The molecule has 104 valence electrons. The van der Waals surface area contributed by atoms with Gasteiger partial charge >= 0.3 is 0 Å². The standard InChI is InChI=1S/C14H8Cl4O2/c15-10-3-1-8(2-4-10)7-20-13-11(16)5-9(14(18)19)6-12(13)17/h1-6H,7H2. The number of benzene rings is 2. The average Bonchev–Trinajstić information content (AvgIpc) is 2.39. The van der Waals surface area contributed by atoms with Crippen molar-refractivity contribution in [3.8, 4) is 5.75 Å². The molecule has 0 aliphatic rings. The highest BCUT2D eigenvalue weighted by Gasteiger charge is 2.13. The maximum absolute atomic E-state index is 11.1. The maximum atomic E-state index is 11.1. The Morgan fingerprint density at radius 2 is 1.55 bits per heavy atom. The molecule has 0 aliphatic carbocycles. The van der Waals surface area contributed by atoms with E-state index in [0.717, 1.165) is 5.56 Å². The minimum absolute atomic E-state index is 0.223. The molecule has 0 fully saturated rings. The summed E-state index contributed by atoms with van der Waals surface area (Å²) in [6.07, 6.45) is 0. The Labute approximate surface area is 136 Å². The fourth-order valence-corrected chi connectivity index (χ4v) is 2.38. The maximum Gasteiger partial charge on any atom is 0.252 e. The lowest BCUT2D eigenvalue weighted by molar-refractivity contribution is 0.108. The first-order valence-corrected chi connectivity index (χ1v) is 7.04. The summed E-state index contributed by atoms with van der Waals surface area (Å²) in [6.45, 7) is 0.283. The average molecular weight is 350 g/mol. The predicted octanol–water partition coefficient (Wildman–Crippen LogP) is 5.60. The Morgan fingerprint density at radius 3 is 2.05 bits per heavy atom. The number of hydrogen-bond acceptors (Lipinski definition) is 2. The second kappa shape index (κ2) is 6.68. The zero-order chi connectivity index (χ0) is 14.7. The second-order valence-electron chi connectivity index (χ2n) is 3.96. The molecule has 2 aromatic carbocycles. The van der Waals surface area contributed by atoms with Crippen molar-refractivity contribution in [1.29, 1.82) is 0 Å². The third-order valence-corrected chi connectivity index (χ3v) is 3.55. The highest BCUT2D eigenvalue weighted by Crippen LogP contribution is 2.35. The van der Waals surface area contributed by atoms with Gasteiger partial charge < -0.3 is 4.74 Å². The van der Waals surface area contributed by atoms with Crippen LogP contribution in [-0.2, 0) is 6.61 Å². The van der Waals surface area contributed by atoms with E-state index in [1.54, 1.807) is 12.1 Å². The van der Waals surface area contributed by atoms with E-state index in [-0.39, 0.29) is 22.2 Å². The predicted molar refractivity (Wildman–Crippen MR) is 82.4 cm³/mol. The zero-order valence-electron chi connectivity index (χ0n) is 10.00. The Bertz CT molecular complexity index is 615. The van der Waals surface area contributed by atoms with E-state index in [1.165, 1.54) is 12.1 Å². The van der Waals surface area contributed by atoms with Gasteiger partial charge in [0, 0.05) is 10.6 Å². The van der Waals surface area contributed by atoms with Crippen LogP contribution < -0.4 is 4.74 Å². The van der Waals surface area contributed by atoms with E-state index in [9.17, 15) is 4.79 Å². The van der Waals surface area contributed by atoms with Crippen LogP contribution in [0.4, 0.5) is 0 Å². The first kappa shape index (κ1) is 15.5. The summed E-state index contributed by atoms with van der Waals surface area (Å²) < 4.78 is 5.57. The fraction of sp³-hybridized carbons (Fsp3) is 0.0714. The molecule has 20 heavy (non-hydrogen) atoms. The number of carbonyl (C=O) groups is 1. The Morgan fingerprint density at radius 1 is 1.00 bits per heavy atom. The molecule has 2 nitrogen and oxygen atoms in total. The van der Waals surface area contributed by atoms with Crippen LogP contribution in [0.1, 0.15) is 15.9 Å². The molecule has 2 aromatic rings. The summed E-state index contributed by atoms with van der Waals surface area (Å²) in [5.41, 5.74) is 1.14. The monoisotopic (exact) mass is 348 g/mol. The molecule has 0 amide bonds. The van der Waals surface area contributed by atoms with Gasteiger partial charge in [0.1, 0.15) is 6.61 Å². The number of rotatable bonds is 4. The lowest BCUT2D eigenvalue weighted by atomic mass is 10.2. The van der Waals surface area contributed by atoms with Crippen molar-refractivity contribution in [2.75, 3.05) is 0 Å². The van der Waals surface area contributed by atoms with E-state index < -0.39 is 5.24 Å². The van der Waals surface area contributed by atoms with Gasteiger partial charge in [0.25, 0.3) is 5.24 Å². The molecule has 6 heteroatoms. The van der Waals surface area contributed by atoms with E-state index in [2.05, 4.69) is 0 Å². The zero-order valence-corrected chi connectivity index (χ0v) is 13.0. The van der Waals surface area contributed by atoms with Crippen LogP contribution in [0.2, 0.25) is 15.1 Å². The summed E-state index contributed by atoms with van der Waals surface area (Å²) in [6, 6.07) is 10.0. The van der Waals surface area contributed by atoms with Gasteiger partial charge in [-0.1, -0.05) is 46.9 Å². The third-order valence-electron chi connectivity index (χ3n) is 2.52. The molecule has 0 saturated carbocycles. The van der Waals surface area contributed by atoms with Gasteiger partial charge in [-0.15, -0.1) is 0 Å². The van der Waals surface area contributed by atoms with Crippen molar-refractivity contribution in [3.63, 3.8) is 0 Å². The van der Waals surface area contributed by atoms with Gasteiger partial charge in [0.05, 0.1) is 10.0 Å². The molecule has 0 N–H and O–H groups in total. The normalized spacial score (nSPS) is 10.4. The van der Waals surface area contributed by atoms with Gasteiger partial charge in [-0.25, -0.2) is 0 Å². The topological polar surface area (TPSA) is 26.3 Å². The molecule has 0 aliphatic heterocycles. The van der Waals surface area contributed by atoms with Crippen LogP contribution in [0.5, 0.6) is 5.75 Å². The molecule has 2 rings (SSSR count). The van der Waals surface area contributed by atoms with Gasteiger partial charge in [0.15, 0.2) is 5.75 Å². The molecule has 0 spiro atoms. The van der Waals surface area contributed by atoms with Crippen LogP contribution in [-0.4, -0.2) is 5.24 Å². The van der Waals surface area contributed by atoms with Crippen LogP contribution in [0, 0.1) is 0 Å². The van der Waals surface area contributed by atoms with Crippen molar-refractivity contribution in [2.45, 2.75) is 6.61 Å². The molecule has 0 unspecified atom stereocenters. The molecular weight excluding hydrogens is 342 g/mol. The highest BCUT2D eigenvalue weighted by atomic mass is 35.5. The van der Waals surface area contributed by atoms with E-state index in [1.807, 2.05) is 12.1 Å². The van der Waals surface area contributed by atoms with E-state index >= 15 is 0 Å². The molecule has 0 heterocycles. The van der Waals surface area contributed by atoms with Crippen molar-refractivity contribution in [2.24, 2.45) is 0 Å². The van der Waals surface area contributed by atoms with E-state index in [0.29, 0.717) is 10.8 Å². The largest absolute Gasteiger partial charge is 0.486 e. The van der Waals surface area contributed by atoms with Gasteiger partial charge in [-0.2, -0.15) is 0 Å². The summed E-state index contributed by atoms with van der Waals surface area (Å²) in [5, 5.41) is 0.485. The van der Waals surface area contributed by atoms with Gasteiger partial charge in [0.2, 0.25) is 0 Å². The number of ether oxygens (including phenoxy) is 1. The van der Waals surface area contributed by atoms with Gasteiger partial charge in [-0.3, -0.25) is 4.79 Å². The summed E-state index contributed by atoms with van der Waals surface area (Å²) in [7, 11) is 0. The Balaban J connectivity index is 2.17. The Kier molecular flexibility index (Phi) is 5.17. The Hall–Kier alpha value is -0.930.